The predicted molar refractivity (Wildman–Crippen MR) is 116 cm³/mol. The standard InChI is InChI=1S/C23H18N2S2/c1-2-8-18-16(7-1)15-26-22(18)13-17(19-9-5-6-12-24-19)14-23-25-20-10-3-4-11-21(20)27-23/h1-12,15,17H,13-14H2. The van der Waals surface area contributed by atoms with Gasteiger partial charge in [0.2, 0.25) is 0 Å². The lowest BCUT2D eigenvalue weighted by Gasteiger charge is -2.14. The lowest BCUT2D eigenvalue weighted by atomic mass is 9.95. The second kappa shape index (κ2) is 7.22. The van der Waals surface area contributed by atoms with Crippen molar-refractivity contribution in [2.24, 2.45) is 0 Å². The van der Waals surface area contributed by atoms with Crippen LogP contribution in [-0.4, -0.2) is 9.97 Å². The first kappa shape index (κ1) is 16.6. The average Bonchev–Trinajstić information content (AvgIpc) is 3.32. The largest absolute Gasteiger partial charge is 0.261 e. The van der Waals surface area contributed by atoms with Crippen molar-refractivity contribution >= 4 is 43.7 Å². The third-order valence-electron chi connectivity index (χ3n) is 4.89. The van der Waals surface area contributed by atoms with Gasteiger partial charge < -0.3 is 0 Å². The van der Waals surface area contributed by atoms with Crippen LogP contribution in [0.4, 0.5) is 0 Å². The van der Waals surface area contributed by atoms with Gasteiger partial charge in [0, 0.05) is 29.1 Å². The molecule has 0 saturated carbocycles. The smallest absolute Gasteiger partial charge is 0.0945 e. The predicted octanol–water partition coefficient (Wildman–Crippen LogP) is 6.48. The van der Waals surface area contributed by atoms with E-state index >= 15 is 0 Å². The van der Waals surface area contributed by atoms with E-state index in [1.54, 1.807) is 11.3 Å². The molecular formula is C23H18N2S2. The summed E-state index contributed by atoms with van der Waals surface area (Å²) in [6.07, 6.45) is 3.81. The number of aromatic nitrogens is 2. The van der Waals surface area contributed by atoms with E-state index in [-0.39, 0.29) is 0 Å². The highest BCUT2D eigenvalue weighted by Crippen LogP contribution is 2.33. The molecule has 0 aliphatic rings. The third-order valence-corrected chi connectivity index (χ3v) is 6.99. The average molecular weight is 387 g/mol. The quantitative estimate of drug-likeness (QED) is 0.346. The lowest BCUT2D eigenvalue weighted by molar-refractivity contribution is 0.664. The van der Waals surface area contributed by atoms with Gasteiger partial charge in [0.1, 0.15) is 0 Å². The van der Waals surface area contributed by atoms with E-state index < -0.39 is 0 Å². The summed E-state index contributed by atoms with van der Waals surface area (Å²) in [6.45, 7) is 0. The Hall–Kier alpha value is -2.56. The number of hydrogen-bond donors (Lipinski definition) is 0. The Morgan fingerprint density at radius 2 is 1.70 bits per heavy atom. The molecule has 132 valence electrons. The van der Waals surface area contributed by atoms with E-state index in [1.165, 1.54) is 25.4 Å². The van der Waals surface area contributed by atoms with Gasteiger partial charge in [0.25, 0.3) is 0 Å². The molecule has 3 heterocycles. The van der Waals surface area contributed by atoms with Gasteiger partial charge in [-0.15, -0.1) is 22.7 Å². The van der Waals surface area contributed by atoms with Gasteiger partial charge in [-0.1, -0.05) is 42.5 Å². The lowest BCUT2D eigenvalue weighted by Crippen LogP contribution is -2.08. The number of hydrogen-bond acceptors (Lipinski definition) is 4. The van der Waals surface area contributed by atoms with Crippen LogP contribution in [0, 0.1) is 0 Å². The van der Waals surface area contributed by atoms with Crippen molar-refractivity contribution in [1.82, 2.24) is 9.97 Å². The molecule has 1 atom stereocenters. The molecule has 0 amide bonds. The van der Waals surface area contributed by atoms with Crippen LogP contribution >= 0.6 is 22.7 Å². The molecule has 4 heteroatoms. The number of thiophene rings is 1. The van der Waals surface area contributed by atoms with Crippen molar-refractivity contribution < 1.29 is 0 Å². The van der Waals surface area contributed by atoms with Crippen LogP contribution < -0.4 is 0 Å². The van der Waals surface area contributed by atoms with E-state index in [1.807, 2.05) is 23.6 Å². The van der Waals surface area contributed by atoms with Crippen molar-refractivity contribution in [3.63, 3.8) is 0 Å². The Morgan fingerprint density at radius 3 is 2.59 bits per heavy atom. The van der Waals surface area contributed by atoms with Crippen molar-refractivity contribution in [1.29, 1.82) is 0 Å². The maximum Gasteiger partial charge on any atom is 0.0945 e. The zero-order valence-corrected chi connectivity index (χ0v) is 16.3. The molecule has 2 aromatic carbocycles. The van der Waals surface area contributed by atoms with Crippen LogP contribution in [0.3, 0.4) is 0 Å². The summed E-state index contributed by atoms with van der Waals surface area (Å²) in [5.41, 5.74) is 2.24. The fourth-order valence-corrected chi connectivity index (χ4v) is 5.68. The van der Waals surface area contributed by atoms with E-state index in [0.717, 1.165) is 24.1 Å². The highest BCUT2D eigenvalue weighted by Gasteiger charge is 2.19. The highest BCUT2D eigenvalue weighted by atomic mass is 32.1. The summed E-state index contributed by atoms with van der Waals surface area (Å²) in [4.78, 5) is 11.0. The first-order valence-corrected chi connectivity index (χ1v) is 10.8. The molecule has 0 spiro atoms. The number of para-hydroxylation sites is 1. The molecule has 1 unspecified atom stereocenters. The van der Waals surface area contributed by atoms with E-state index in [9.17, 15) is 0 Å². The first-order valence-electron chi connectivity index (χ1n) is 9.07. The molecule has 3 aromatic heterocycles. The molecule has 0 saturated heterocycles. The van der Waals surface area contributed by atoms with E-state index in [4.69, 9.17) is 4.98 Å². The Kier molecular flexibility index (Phi) is 4.44. The van der Waals surface area contributed by atoms with Crippen LogP contribution in [0.1, 0.15) is 21.5 Å². The Bertz CT molecular complexity index is 1160. The van der Waals surface area contributed by atoms with Gasteiger partial charge in [-0.05, 0) is 46.8 Å². The number of nitrogens with zero attached hydrogens (tertiary/aromatic N) is 2. The number of pyridine rings is 1. The summed E-state index contributed by atoms with van der Waals surface area (Å²) in [5.74, 6) is 0.328. The number of fused-ring (bicyclic) bond motifs is 2. The molecule has 0 bridgehead atoms. The first-order chi connectivity index (χ1) is 13.4. The van der Waals surface area contributed by atoms with Gasteiger partial charge in [-0.2, -0.15) is 0 Å². The molecule has 0 fully saturated rings. The maximum absolute atomic E-state index is 4.86. The second-order valence-corrected chi connectivity index (χ2v) is 8.76. The van der Waals surface area contributed by atoms with Gasteiger partial charge in [0.05, 0.1) is 15.2 Å². The van der Waals surface area contributed by atoms with Crippen molar-refractivity contribution in [2.75, 3.05) is 0 Å². The van der Waals surface area contributed by atoms with Crippen molar-refractivity contribution in [3.05, 3.63) is 93.9 Å². The molecule has 0 aliphatic heterocycles. The summed E-state index contributed by atoms with van der Waals surface area (Å²) in [5, 5.41) is 6.15. The normalized spacial score (nSPS) is 12.6. The Balaban J connectivity index is 1.51. The van der Waals surface area contributed by atoms with Crippen LogP contribution in [0.5, 0.6) is 0 Å². The minimum absolute atomic E-state index is 0.328. The minimum atomic E-state index is 0.328. The number of rotatable bonds is 5. The molecule has 5 aromatic rings. The van der Waals surface area contributed by atoms with Crippen LogP contribution in [0.15, 0.2) is 78.3 Å². The molecule has 0 N–H and O–H groups in total. The zero-order chi connectivity index (χ0) is 18.1. The van der Waals surface area contributed by atoms with E-state index in [2.05, 4.69) is 71.0 Å². The molecule has 0 radical (unpaired) electrons. The molecule has 2 nitrogen and oxygen atoms in total. The molecule has 0 aliphatic carbocycles. The Morgan fingerprint density at radius 1 is 0.852 bits per heavy atom. The summed E-state index contributed by atoms with van der Waals surface area (Å²) >= 11 is 3.66. The molecule has 5 rings (SSSR count). The SMILES string of the molecule is c1ccc(C(Cc2nc3ccccc3s2)Cc2scc3ccccc23)nc1. The van der Waals surface area contributed by atoms with E-state index in [0.29, 0.717) is 5.92 Å². The molecule has 27 heavy (non-hydrogen) atoms. The van der Waals surface area contributed by atoms with Crippen molar-refractivity contribution in [2.45, 2.75) is 18.8 Å². The Labute approximate surface area is 166 Å². The second-order valence-electron chi connectivity index (χ2n) is 6.68. The van der Waals surface area contributed by atoms with Gasteiger partial charge >= 0.3 is 0 Å². The summed E-state index contributed by atoms with van der Waals surface area (Å²) < 4.78 is 1.26. The van der Waals surface area contributed by atoms with Crippen LogP contribution in [0.25, 0.3) is 21.0 Å². The van der Waals surface area contributed by atoms with Crippen LogP contribution in [-0.2, 0) is 12.8 Å². The minimum Gasteiger partial charge on any atom is -0.261 e. The summed E-state index contributed by atoms with van der Waals surface area (Å²) in [7, 11) is 0. The summed E-state index contributed by atoms with van der Waals surface area (Å²) in [6, 6.07) is 23.3. The van der Waals surface area contributed by atoms with Gasteiger partial charge in [-0.25, -0.2) is 4.98 Å². The third kappa shape index (κ3) is 3.38. The molecular weight excluding hydrogens is 368 g/mol. The van der Waals surface area contributed by atoms with Crippen LogP contribution in [0.2, 0.25) is 0 Å². The number of benzene rings is 2. The maximum atomic E-state index is 4.86. The topological polar surface area (TPSA) is 25.8 Å². The fraction of sp³-hybridized carbons (Fsp3) is 0.130. The fourth-order valence-electron chi connectivity index (χ4n) is 3.55. The van der Waals surface area contributed by atoms with Crippen molar-refractivity contribution in [3.8, 4) is 0 Å². The monoisotopic (exact) mass is 386 g/mol. The zero-order valence-electron chi connectivity index (χ0n) is 14.7. The van der Waals surface area contributed by atoms with Gasteiger partial charge in [-0.3, -0.25) is 4.98 Å². The highest BCUT2D eigenvalue weighted by molar-refractivity contribution is 7.18. The number of thiazole rings is 1. The van der Waals surface area contributed by atoms with Gasteiger partial charge in [0.15, 0.2) is 0 Å².